The summed E-state index contributed by atoms with van der Waals surface area (Å²) < 4.78 is 5.89. The number of carbonyl (C=O) groups excluding carboxylic acids is 1. The first-order valence-corrected chi connectivity index (χ1v) is 13.9. The maximum absolute atomic E-state index is 12.8. The molecule has 0 radical (unpaired) electrons. The van der Waals surface area contributed by atoms with Crippen LogP contribution in [0.25, 0.3) is 0 Å². The molecule has 1 rings (SSSR count). The number of esters is 1. The molecule has 0 aromatic heterocycles. The highest BCUT2D eigenvalue weighted by atomic mass is 16.5. The number of benzene rings is 1. The highest BCUT2D eigenvalue weighted by molar-refractivity contribution is 5.78. The van der Waals surface area contributed by atoms with Crippen LogP contribution in [0.2, 0.25) is 0 Å². The first-order valence-electron chi connectivity index (χ1n) is 13.9. The minimum atomic E-state index is -0.131. The van der Waals surface area contributed by atoms with Crippen molar-refractivity contribution in [3.05, 3.63) is 35.9 Å². The fourth-order valence-corrected chi connectivity index (χ4v) is 4.62. The third kappa shape index (κ3) is 14.0. The van der Waals surface area contributed by atoms with Gasteiger partial charge in [-0.05, 0) is 30.7 Å². The first kappa shape index (κ1) is 28.7. The zero-order chi connectivity index (χ0) is 23.3. The van der Waals surface area contributed by atoms with Gasteiger partial charge in [0.15, 0.2) is 0 Å². The van der Waals surface area contributed by atoms with Crippen molar-refractivity contribution in [1.82, 2.24) is 0 Å². The summed E-state index contributed by atoms with van der Waals surface area (Å²) in [5.74, 6) is 0.357. The standard InChI is InChI=1S/C30H52O2/c1-4-7-9-11-13-14-16-19-23-27(22-18-15-12-10-8-5-2)26-32-30(31)29(6-3)28-24-20-17-21-25-28/h17,20-21,24-25,27,29H,4-16,18-19,22-23,26H2,1-3H3. The molecule has 184 valence electrons. The number of hydrogen-bond acceptors (Lipinski definition) is 2. The predicted octanol–water partition coefficient (Wildman–Crippen LogP) is 9.62. The Morgan fingerprint density at radius 1 is 0.688 bits per heavy atom. The van der Waals surface area contributed by atoms with E-state index in [1.165, 1.54) is 103 Å². The third-order valence-electron chi connectivity index (χ3n) is 6.79. The third-order valence-corrected chi connectivity index (χ3v) is 6.79. The van der Waals surface area contributed by atoms with Crippen LogP contribution in [0.3, 0.4) is 0 Å². The van der Waals surface area contributed by atoms with Crippen LogP contribution in [0.4, 0.5) is 0 Å². The van der Waals surface area contributed by atoms with Gasteiger partial charge in [-0.15, -0.1) is 0 Å². The zero-order valence-corrected chi connectivity index (χ0v) is 21.6. The average molecular weight is 445 g/mol. The first-order chi connectivity index (χ1) is 15.7. The number of carbonyl (C=O) groups is 1. The summed E-state index contributed by atoms with van der Waals surface area (Å²) in [5, 5.41) is 0. The Morgan fingerprint density at radius 3 is 1.62 bits per heavy atom. The van der Waals surface area contributed by atoms with E-state index in [1.54, 1.807) is 0 Å². The van der Waals surface area contributed by atoms with Gasteiger partial charge >= 0.3 is 5.97 Å². The second kappa shape index (κ2) is 20.3. The maximum Gasteiger partial charge on any atom is 0.313 e. The summed E-state index contributed by atoms with van der Waals surface area (Å²) in [6.07, 6.45) is 22.0. The summed E-state index contributed by atoms with van der Waals surface area (Å²) in [5.41, 5.74) is 1.08. The van der Waals surface area contributed by atoms with E-state index in [0.29, 0.717) is 12.5 Å². The van der Waals surface area contributed by atoms with Gasteiger partial charge in [-0.1, -0.05) is 141 Å². The lowest BCUT2D eigenvalue weighted by Gasteiger charge is -2.20. The van der Waals surface area contributed by atoms with Crippen molar-refractivity contribution in [3.63, 3.8) is 0 Å². The molecule has 0 amide bonds. The van der Waals surface area contributed by atoms with Crippen molar-refractivity contribution in [2.45, 2.75) is 136 Å². The number of rotatable bonds is 21. The summed E-state index contributed by atoms with van der Waals surface area (Å²) >= 11 is 0. The average Bonchev–Trinajstić information content (AvgIpc) is 2.82. The number of unbranched alkanes of at least 4 members (excludes halogenated alkanes) is 12. The topological polar surface area (TPSA) is 26.3 Å². The van der Waals surface area contributed by atoms with Crippen LogP contribution in [-0.2, 0) is 9.53 Å². The van der Waals surface area contributed by atoms with Gasteiger partial charge in [-0.2, -0.15) is 0 Å². The Kier molecular flexibility index (Phi) is 18.2. The van der Waals surface area contributed by atoms with E-state index in [-0.39, 0.29) is 11.9 Å². The molecule has 1 aromatic rings. The molecule has 0 heterocycles. The smallest absolute Gasteiger partial charge is 0.313 e. The normalized spacial score (nSPS) is 13.1. The molecule has 0 saturated heterocycles. The van der Waals surface area contributed by atoms with Crippen molar-refractivity contribution < 1.29 is 9.53 Å². The van der Waals surface area contributed by atoms with Crippen LogP contribution in [-0.4, -0.2) is 12.6 Å². The molecule has 0 spiro atoms. The molecule has 2 nitrogen and oxygen atoms in total. The molecular formula is C30H52O2. The molecule has 0 bridgehead atoms. The molecule has 32 heavy (non-hydrogen) atoms. The van der Waals surface area contributed by atoms with Crippen LogP contribution in [0.1, 0.15) is 141 Å². The molecule has 0 fully saturated rings. The highest BCUT2D eigenvalue weighted by Gasteiger charge is 2.21. The van der Waals surface area contributed by atoms with Crippen molar-refractivity contribution in [3.8, 4) is 0 Å². The van der Waals surface area contributed by atoms with Crippen LogP contribution in [0, 0.1) is 5.92 Å². The molecule has 2 unspecified atom stereocenters. The van der Waals surface area contributed by atoms with Crippen LogP contribution in [0.5, 0.6) is 0 Å². The largest absolute Gasteiger partial charge is 0.465 e. The SMILES string of the molecule is CCCCCCCCCCC(CCCCCCCC)COC(=O)C(CC)c1ccccc1. The van der Waals surface area contributed by atoms with E-state index in [4.69, 9.17) is 4.74 Å². The Labute approximate surface area is 199 Å². The fraction of sp³-hybridized carbons (Fsp3) is 0.767. The van der Waals surface area contributed by atoms with E-state index >= 15 is 0 Å². The molecule has 0 aliphatic rings. The molecule has 0 aliphatic heterocycles. The zero-order valence-electron chi connectivity index (χ0n) is 21.6. The molecule has 0 N–H and O–H groups in total. The molecule has 1 aromatic carbocycles. The molecular weight excluding hydrogens is 392 g/mol. The van der Waals surface area contributed by atoms with E-state index in [0.717, 1.165) is 12.0 Å². The minimum Gasteiger partial charge on any atom is -0.465 e. The van der Waals surface area contributed by atoms with Crippen molar-refractivity contribution >= 4 is 5.97 Å². The predicted molar refractivity (Wildman–Crippen MR) is 139 cm³/mol. The van der Waals surface area contributed by atoms with Gasteiger partial charge in [-0.25, -0.2) is 0 Å². The van der Waals surface area contributed by atoms with Gasteiger partial charge in [0.25, 0.3) is 0 Å². The Hall–Kier alpha value is -1.31. The summed E-state index contributed by atoms with van der Waals surface area (Å²) in [6, 6.07) is 10.1. The van der Waals surface area contributed by atoms with Gasteiger partial charge in [0, 0.05) is 0 Å². The summed E-state index contributed by atoms with van der Waals surface area (Å²) in [4.78, 5) is 12.8. The van der Waals surface area contributed by atoms with Gasteiger partial charge in [0.1, 0.15) is 0 Å². The molecule has 2 atom stereocenters. The van der Waals surface area contributed by atoms with Crippen molar-refractivity contribution in [1.29, 1.82) is 0 Å². The van der Waals surface area contributed by atoms with Gasteiger partial charge in [-0.3, -0.25) is 4.79 Å². The van der Waals surface area contributed by atoms with Crippen molar-refractivity contribution in [2.75, 3.05) is 6.61 Å². The lowest BCUT2D eigenvalue weighted by molar-refractivity contribution is -0.147. The summed E-state index contributed by atoms with van der Waals surface area (Å²) in [6.45, 7) is 7.23. The van der Waals surface area contributed by atoms with E-state index < -0.39 is 0 Å². The monoisotopic (exact) mass is 444 g/mol. The number of ether oxygens (including phenoxy) is 1. The Morgan fingerprint density at radius 2 is 1.16 bits per heavy atom. The van der Waals surface area contributed by atoms with Crippen LogP contribution in [0.15, 0.2) is 30.3 Å². The van der Waals surface area contributed by atoms with E-state index in [1.807, 2.05) is 30.3 Å². The van der Waals surface area contributed by atoms with Gasteiger partial charge in [0.05, 0.1) is 12.5 Å². The Balaban J connectivity index is 2.40. The quantitative estimate of drug-likeness (QED) is 0.139. The van der Waals surface area contributed by atoms with Crippen LogP contribution >= 0.6 is 0 Å². The second-order valence-corrected chi connectivity index (χ2v) is 9.69. The maximum atomic E-state index is 12.8. The Bertz CT molecular complexity index is 539. The second-order valence-electron chi connectivity index (χ2n) is 9.69. The number of hydrogen-bond donors (Lipinski definition) is 0. The van der Waals surface area contributed by atoms with E-state index in [9.17, 15) is 4.79 Å². The van der Waals surface area contributed by atoms with Gasteiger partial charge in [0.2, 0.25) is 0 Å². The molecule has 0 saturated carbocycles. The highest BCUT2D eigenvalue weighted by Crippen LogP contribution is 2.24. The van der Waals surface area contributed by atoms with Gasteiger partial charge < -0.3 is 4.74 Å². The van der Waals surface area contributed by atoms with E-state index in [2.05, 4.69) is 20.8 Å². The van der Waals surface area contributed by atoms with Crippen LogP contribution < -0.4 is 0 Å². The fourth-order valence-electron chi connectivity index (χ4n) is 4.62. The molecule has 0 aliphatic carbocycles. The summed E-state index contributed by atoms with van der Waals surface area (Å²) in [7, 11) is 0. The minimum absolute atomic E-state index is 0.0393. The lowest BCUT2D eigenvalue weighted by atomic mass is 9.94. The molecule has 2 heteroatoms. The van der Waals surface area contributed by atoms with Crippen molar-refractivity contribution in [2.24, 2.45) is 5.92 Å². The lowest BCUT2D eigenvalue weighted by Crippen LogP contribution is -2.20.